The quantitative estimate of drug-likeness (QED) is 0.736. The number of hydrogen-bond acceptors (Lipinski definition) is 3. The van der Waals surface area contributed by atoms with Gasteiger partial charge in [0.25, 0.3) is 0 Å². The number of carbonyl (C=O) groups excluding carboxylic acids is 1. The van der Waals surface area contributed by atoms with Gasteiger partial charge in [-0.3, -0.25) is 9.59 Å². The number of hydrogen-bond donors (Lipinski definition) is 2. The van der Waals surface area contributed by atoms with Crippen LogP contribution >= 0.6 is 0 Å². The number of carboxylic acids is 1. The SMILES string of the molecule is O=C(O)CCC1[NH2+][B-](c2ccccc2)(c2ccccc2)OC1=O. The van der Waals surface area contributed by atoms with Crippen LogP contribution in [0.4, 0.5) is 0 Å². The van der Waals surface area contributed by atoms with Crippen molar-refractivity contribution in [3.63, 3.8) is 0 Å². The van der Waals surface area contributed by atoms with E-state index in [2.05, 4.69) is 0 Å². The lowest BCUT2D eigenvalue weighted by molar-refractivity contribution is -0.549. The summed E-state index contributed by atoms with van der Waals surface area (Å²) < 4.78 is 5.84. The van der Waals surface area contributed by atoms with Gasteiger partial charge in [-0.1, -0.05) is 71.6 Å². The second kappa shape index (κ2) is 6.26. The molecule has 1 atom stereocenters. The predicted molar refractivity (Wildman–Crippen MR) is 86.6 cm³/mol. The first kappa shape index (κ1) is 15.3. The Morgan fingerprint density at radius 2 is 1.57 bits per heavy atom. The van der Waals surface area contributed by atoms with Gasteiger partial charge in [0.1, 0.15) is 6.04 Å². The van der Waals surface area contributed by atoms with E-state index in [1.165, 1.54) is 0 Å². The third kappa shape index (κ3) is 2.98. The Morgan fingerprint density at radius 1 is 1.04 bits per heavy atom. The zero-order chi connectivity index (χ0) is 16.3. The minimum atomic E-state index is -1.76. The van der Waals surface area contributed by atoms with Crippen molar-refractivity contribution < 1.29 is 24.6 Å². The van der Waals surface area contributed by atoms with Crippen LogP contribution < -0.4 is 16.2 Å². The molecule has 1 saturated heterocycles. The molecule has 0 amide bonds. The molecule has 1 aliphatic rings. The molecule has 0 radical (unpaired) electrons. The van der Waals surface area contributed by atoms with Gasteiger partial charge in [0, 0.05) is 6.42 Å². The fourth-order valence-corrected chi connectivity index (χ4v) is 3.24. The second-order valence-electron chi connectivity index (χ2n) is 5.84. The van der Waals surface area contributed by atoms with Crippen LogP contribution in [0.25, 0.3) is 0 Å². The van der Waals surface area contributed by atoms with Gasteiger partial charge in [-0.2, -0.15) is 0 Å². The Morgan fingerprint density at radius 3 is 2.04 bits per heavy atom. The molecule has 2 aromatic rings. The highest BCUT2D eigenvalue weighted by Gasteiger charge is 2.49. The third-order valence-electron chi connectivity index (χ3n) is 4.37. The molecule has 0 aromatic heterocycles. The molecule has 0 spiro atoms. The van der Waals surface area contributed by atoms with E-state index < -0.39 is 18.5 Å². The Bertz CT molecular complexity index is 666. The zero-order valence-electron chi connectivity index (χ0n) is 12.6. The van der Waals surface area contributed by atoms with Crippen LogP contribution in [-0.4, -0.2) is 29.6 Å². The van der Waals surface area contributed by atoms with Gasteiger partial charge in [0.05, 0.1) is 6.42 Å². The summed E-state index contributed by atoms with van der Waals surface area (Å²) in [5, 5.41) is 10.8. The monoisotopic (exact) mass is 311 g/mol. The second-order valence-corrected chi connectivity index (χ2v) is 5.84. The fraction of sp³-hybridized carbons (Fsp3) is 0.176. The lowest BCUT2D eigenvalue weighted by Crippen LogP contribution is -3.07. The molecule has 1 fully saturated rings. The number of aliphatic carboxylic acids is 1. The summed E-state index contributed by atoms with van der Waals surface area (Å²) in [6.07, 6.45) is 0.212. The number of rotatable bonds is 5. The van der Waals surface area contributed by atoms with Crippen molar-refractivity contribution in [2.75, 3.05) is 0 Å². The van der Waals surface area contributed by atoms with E-state index >= 15 is 0 Å². The Balaban J connectivity index is 1.99. The van der Waals surface area contributed by atoms with Gasteiger partial charge in [-0.15, -0.1) is 0 Å². The van der Waals surface area contributed by atoms with Gasteiger partial charge in [0.2, 0.25) is 0 Å². The topological polar surface area (TPSA) is 80.2 Å². The summed E-state index contributed by atoms with van der Waals surface area (Å²) in [4.78, 5) is 23.1. The van der Waals surface area contributed by atoms with Gasteiger partial charge < -0.3 is 15.0 Å². The summed E-state index contributed by atoms with van der Waals surface area (Å²) in [6, 6.07) is 18.7. The highest BCUT2D eigenvalue weighted by atomic mass is 16.5. The lowest BCUT2D eigenvalue weighted by Gasteiger charge is -2.31. The fourth-order valence-electron chi connectivity index (χ4n) is 3.24. The minimum Gasteiger partial charge on any atom is -0.628 e. The van der Waals surface area contributed by atoms with Crippen molar-refractivity contribution in [1.82, 2.24) is 0 Å². The van der Waals surface area contributed by atoms with Gasteiger partial charge in [0.15, 0.2) is 0 Å². The smallest absolute Gasteiger partial charge is 0.441 e. The van der Waals surface area contributed by atoms with Crippen LogP contribution in [0.1, 0.15) is 12.8 Å². The number of quaternary nitrogens is 1. The average molecular weight is 311 g/mol. The van der Waals surface area contributed by atoms with E-state index in [4.69, 9.17) is 9.76 Å². The zero-order valence-corrected chi connectivity index (χ0v) is 12.6. The number of carbonyl (C=O) groups is 2. The van der Waals surface area contributed by atoms with Gasteiger partial charge in [-0.05, 0) is 0 Å². The first-order chi connectivity index (χ1) is 11.1. The number of benzene rings is 2. The first-order valence-electron chi connectivity index (χ1n) is 7.69. The third-order valence-corrected chi connectivity index (χ3v) is 4.37. The van der Waals surface area contributed by atoms with Gasteiger partial charge in [-0.25, -0.2) is 0 Å². The van der Waals surface area contributed by atoms with Crippen LogP contribution in [0.15, 0.2) is 60.7 Å². The van der Waals surface area contributed by atoms with Crippen LogP contribution in [0.2, 0.25) is 0 Å². The standard InChI is InChI=1S/C17H18BNO4/c20-16(21)12-11-15-17(22)23-18(19-15,13-7-3-1-4-8-13)14-9-5-2-6-10-14/h1-10,15H,11-12,19H2,(H,20,21). The van der Waals surface area contributed by atoms with E-state index in [9.17, 15) is 9.59 Å². The molecule has 6 heteroatoms. The summed E-state index contributed by atoms with van der Waals surface area (Å²) in [7, 11) is 0. The maximum atomic E-state index is 12.3. The van der Waals surface area contributed by atoms with Crippen molar-refractivity contribution >= 4 is 29.3 Å². The molecule has 1 aliphatic heterocycles. The molecule has 23 heavy (non-hydrogen) atoms. The summed E-state index contributed by atoms with van der Waals surface area (Å²) in [6.45, 7) is -1.76. The minimum absolute atomic E-state index is 0.0496. The van der Waals surface area contributed by atoms with E-state index in [1.807, 2.05) is 65.9 Å². The molecule has 3 N–H and O–H groups in total. The molecule has 3 rings (SSSR count). The van der Waals surface area contributed by atoms with Crippen molar-refractivity contribution in [3.05, 3.63) is 60.7 Å². The molecule has 5 nitrogen and oxygen atoms in total. The highest BCUT2D eigenvalue weighted by molar-refractivity contribution is 6.92. The number of carboxylic acid groups (broad SMARTS) is 1. The number of nitrogens with two attached hydrogens (primary N) is 1. The van der Waals surface area contributed by atoms with Crippen LogP contribution in [0, 0.1) is 0 Å². The molecule has 0 aliphatic carbocycles. The normalized spacial score (nSPS) is 19.3. The highest BCUT2D eigenvalue weighted by Crippen LogP contribution is 2.10. The van der Waals surface area contributed by atoms with Crippen molar-refractivity contribution in [1.29, 1.82) is 0 Å². The summed E-state index contributed by atoms with van der Waals surface area (Å²) >= 11 is 0. The molecule has 0 bridgehead atoms. The van der Waals surface area contributed by atoms with Crippen molar-refractivity contribution in [2.45, 2.75) is 18.9 Å². The summed E-state index contributed by atoms with van der Waals surface area (Å²) in [5.41, 5.74) is 1.84. The molecule has 0 saturated carbocycles. The Kier molecular flexibility index (Phi) is 4.17. The summed E-state index contributed by atoms with van der Waals surface area (Å²) in [5.74, 6) is -1.26. The maximum absolute atomic E-state index is 12.3. The molecular weight excluding hydrogens is 293 g/mol. The molecule has 118 valence electrons. The molecule has 1 heterocycles. The average Bonchev–Trinajstić information content (AvgIpc) is 2.92. The first-order valence-corrected chi connectivity index (χ1v) is 7.69. The van der Waals surface area contributed by atoms with Crippen LogP contribution in [0.3, 0.4) is 0 Å². The van der Waals surface area contributed by atoms with E-state index in [-0.39, 0.29) is 18.8 Å². The van der Waals surface area contributed by atoms with Gasteiger partial charge >= 0.3 is 18.4 Å². The Labute approximate surface area is 134 Å². The molecule has 1 unspecified atom stereocenters. The van der Waals surface area contributed by atoms with Crippen molar-refractivity contribution in [3.8, 4) is 0 Å². The molecular formula is C17H18BNO4. The van der Waals surface area contributed by atoms with Crippen LogP contribution in [0.5, 0.6) is 0 Å². The largest absolute Gasteiger partial charge is 0.628 e. The van der Waals surface area contributed by atoms with E-state index in [0.29, 0.717) is 0 Å². The lowest BCUT2D eigenvalue weighted by atomic mass is 9.42. The van der Waals surface area contributed by atoms with E-state index in [1.54, 1.807) is 0 Å². The predicted octanol–water partition coefficient (Wildman–Crippen LogP) is -0.403. The van der Waals surface area contributed by atoms with Crippen LogP contribution in [-0.2, 0) is 14.2 Å². The molecule has 2 aromatic carbocycles. The Hall–Kier alpha value is -2.60. The van der Waals surface area contributed by atoms with E-state index in [0.717, 1.165) is 10.9 Å². The maximum Gasteiger partial charge on any atom is 0.441 e. The van der Waals surface area contributed by atoms with Crippen molar-refractivity contribution in [2.24, 2.45) is 0 Å².